The Balaban J connectivity index is 2.37. The summed E-state index contributed by atoms with van der Waals surface area (Å²) in [4.78, 5) is 23.7. The standard InChI is InChI=1S/C21H23NO5/c1-12(23)22-17-10-5-13-11-18(25-2)20(26-3)21(27-4)19(13)16-9-7-14(24)6-8-15(16)17/h6-9,11,17H,5,10H2,1-4H3,(H,22,23)/t17-/m0/s1. The molecule has 142 valence electrons. The van der Waals surface area contributed by atoms with Crippen LogP contribution in [-0.4, -0.2) is 27.2 Å². The monoisotopic (exact) mass is 369 g/mol. The topological polar surface area (TPSA) is 73.9 Å². The highest BCUT2D eigenvalue weighted by molar-refractivity contribution is 5.83. The summed E-state index contributed by atoms with van der Waals surface area (Å²) in [5.74, 6) is 1.51. The van der Waals surface area contributed by atoms with Crippen LogP contribution in [0.25, 0.3) is 11.1 Å². The number of rotatable bonds is 4. The van der Waals surface area contributed by atoms with E-state index in [1.807, 2.05) is 6.07 Å². The molecule has 0 spiro atoms. The van der Waals surface area contributed by atoms with Crippen molar-refractivity contribution in [3.8, 4) is 28.4 Å². The van der Waals surface area contributed by atoms with E-state index in [4.69, 9.17) is 14.2 Å². The van der Waals surface area contributed by atoms with E-state index in [2.05, 4.69) is 5.32 Å². The number of nitrogens with one attached hydrogen (secondary N) is 1. The lowest BCUT2D eigenvalue weighted by Gasteiger charge is -2.19. The Labute approximate surface area is 158 Å². The summed E-state index contributed by atoms with van der Waals surface area (Å²) in [5.41, 5.74) is 3.47. The van der Waals surface area contributed by atoms with Crippen LogP contribution in [0.15, 0.2) is 35.1 Å². The third kappa shape index (κ3) is 3.47. The van der Waals surface area contributed by atoms with Gasteiger partial charge in [0.1, 0.15) is 0 Å². The lowest BCUT2D eigenvalue weighted by molar-refractivity contribution is -0.119. The highest BCUT2D eigenvalue weighted by Gasteiger charge is 2.28. The van der Waals surface area contributed by atoms with Crippen LogP contribution in [0.5, 0.6) is 17.2 Å². The minimum absolute atomic E-state index is 0.106. The Morgan fingerprint density at radius 1 is 1.04 bits per heavy atom. The highest BCUT2D eigenvalue weighted by atomic mass is 16.5. The third-order valence-corrected chi connectivity index (χ3v) is 4.79. The normalized spacial score (nSPS) is 15.0. The molecule has 1 aliphatic rings. The number of ether oxygens (including phenoxy) is 3. The van der Waals surface area contributed by atoms with Gasteiger partial charge in [0, 0.05) is 12.5 Å². The fourth-order valence-corrected chi connectivity index (χ4v) is 3.66. The first-order valence-electron chi connectivity index (χ1n) is 8.73. The van der Waals surface area contributed by atoms with Gasteiger partial charge in [-0.15, -0.1) is 0 Å². The van der Waals surface area contributed by atoms with Gasteiger partial charge in [-0.05, 0) is 53.8 Å². The Bertz CT molecular complexity index is 938. The lowest BCUT2D eigenvalue weighted by atomic mass is 9.95. The van der Waals surface area contributed by atoms with Crippen LogP contribution < -0.4 is 25.0 Å². The third-order valence-electron chi connectivity index (χ3n) is 4.79. The van der Waals surface area contributed by atoms with Gasteiger partial charge in [-0.1, -0.05) is 6.07 Å². The van der Waals surface area contributed by atoms with E-state index >= 15 is 0 Å². The molecule has 2 aromatic rings. The van der Waals surface area contributed by atoms with Crippen LogP contribution in [-0.2, 0) is 11.2 Å². The van der Waals surface area contributed by atoms with E-state index in [1.165, 1.54) is 19.1 Å². The summed E-state index contributed by atoms with van der Waals surface area (Å²) < 4.78 is 16.7. The molecule has 0 unspecified atom stereocenters. The number of carbonyl (C=O) groups is 1. The van der Waals surface area contributed by atoms with Crippen LogP contribution in [0.2, 0.25) is 0 Å². The maximum Gasteiger partial charge on any atom is 0.217 e. The predicted molar refractivity (Wildman–Crippen MR) is 103 cm³/mol. The molecule has 6 heteroatoms. The molecule has 0 aliphatic heterocycles. The summed E-state index contributed by atoms with van der Waals surface area (Å²) in [5, 5.41) is 3.00. The predicted octanol–water partition coefficient (Wildman–Crippen LogP) is 2.86. The number of hydrogen-bond acceptors (Lipinski definition) is 5. The van der Waals surface area contributed by atoms with Crippen LogP contribution in [0.1, 0.15) is 30.5 Å². The molecule has 27 heavy (non-hydrogen) atoms. The summed E-state index contributed by atoms with van der Waals surface area (Å²) >= 11 is 0. The van der Waals surface area contributed by atoms with Crippen LogP contribution >= 0.6 is 0 Å². The van der Waals surface area contributed by atoms with Gasteiger partial charge >= 0.3 is 0 Å². The maximum atomic E-state index is 12.0. The van der Waals surface area contributed by atoms with Gasteiger partial charge in [0.05, 0.1) is 27.4 Å². The summed E-state index contributed by atoms with van der Waals surface area (Å²) in [7, 11) is 4.72. The molecule has 0 radical (unpaired) electrons. The first kappa shape index (κ1) is 18.8. The molecule has 1 atom stereocenters. The van der Waals surface area contributed by atoms with Crippen molar-refractivity contribution in [3.63, 3.8) is 0 Å². The van der Waals surface area contributed by atoms with Crippen molar-refractivity contribution >= 4 is 5.91 Å². The Kier molecular flexibility index (Phi) is 5.35. The number of fused-ring (bicyclic) bond motifs is 3. The average Bonchev–Trinajstić information content (AvgIpc) is 2.92. The minimum atomic E-state index is -0.210. The van der Waals surface area contributed by atoms with Gasteiger partial charge in [-0.2, -0.15) is 0 Å². The summed E-state index contributed by atoms with van der Waals surface area (Å²) in [6.45, 7) is 1.49. The molecule has 2 aromatic carbocycles. The second-order valence-electron chi connectivity index (χ2n) is 6.41. The Morgan fingerprint density at radius 2 is 1.74 bits per heavy atom. The van der Waals surface area contributed by atoms with Crippen molar-refractivity contribution in [3.05, 3.63) is 51.7 Å². The van der Waals surface area contributed by atoms with Crippen molar-refractivity contribution in [2.75, 3.05) is 21.3 Å². The molecule has 0 aromatic heterocycles. The molecule has 1 N–H and O–H groups in total. The molecule has 3 rings (SSSR count). The van der Waals surface area contributed by atoms with Crippen LogP contribution in [0, 0.1) is 0 Å². The molecule has 0 bridgehead atoms. The molecule has 1 aliphatic carbocycles. The summed E-state index contributed by atoms with van der Waals surface area (Å²) in [6, 6.07) is 8.33. The van der Waals surface area contributed by atoms with Crippen molar-refractivity contribution in [1.82, 2.24) is 5.32 Å². The van der Waals surface area contributed by atoms with E-state index in [0.717, 1.165) is 22.3 Å². The van der Waals surface area contributed by atoms with E-state index in [-0.39, 0.29) is 17.4 Å². The molecule has 0 saturated carbocycles. The Morgan fingerprint density at radius 3 is 2.37 bits per heavy atom. The van der Waals surface area contributed by atoms with Gasteiger partial charge < -0.3 is 19.5 Å². The average molecular weight is 369 g/mol. The molecule has 0 fully saturated rings. The second kappa shape index (κ2) is 7.70. The van der Waals surface area contributed by atoms with Crippen molar-refractivity contribution in [2.24, 2.45) is 0 Å². The van der Waals surface area contributed by atoms with E-state index in [0.29, 0.717) is 30.1 Å². The van der Waals surface area contributed by atoms with E-state index in [9.17, 15) is 9.59 Å². The lowest BCUT2D eigenvalue weighted by Crippen LogP contribution is -2.26. The molecular weight excluding hydrogens is 346 g/mol. The fourth-order valence-electron chi connectivity index (χ4n) is 3.66. The first-order chi connectivity index (χ1) is 13.0. The maximum absolute atomic E-state index is 12.0. The zero-order chi connectivity index (χ0) is 19.6. The number of hydrogen-bond donors (Lipinski definition) is 1. The summed E-state index contributed by atoms with van der Waals surface area (Å²) in [6.07, 6.45) is 1.40. The van der Waals surface area contributed by atoms with Gasteiger partial charge in [0.2, 0.25) is 11.7 Å². The fraction of sp³-hybridized carbons (Fsp3) is 0.333. The SMILES string of the molecule is COc1cc2c(c(OC)c1OC)-c1ccc(=O)ccc1[C@@H](NC(C)=O)CC2. The number of benzene rings is 1. The zero-order valence-corrected chi connectivity index (χ0v) is 15.9. The smallest absolute Gasteiger partial charge is 0.217 e. The van der Waals surface area contributed by atoms with E-state index < -0.39 is 0 Å². The van der Waals surface area contributed by atoms with Crippen LogP contribution in [0.4, 0.5) is 0 Å². The molecule has 6 nitrogen and oxygen atoms in total. The molecular formula is C21H23NO5. The first-order valence-corrected chi connectivity index (χ1v) is 8.73. The molecule has 0 heterocycles. The van der Waals surface area contributed by atoms with Gasteiger partial charge in [0.25, 0.3) is 0 Å². The number of methoxy groups -OCH3 is 3. The van der Waals surface area contributed by atoms with Gasteiger partial charge in [-0.3, -0.25) is 9.59 Å². The van der Waals surface area contributed by atoms with Crippen molar-refractivity contribution in [1.29, 1.82) is 0 Å². The van der Waals surface area contributed by atoms with E-state index in [1.54, 1.807) is 33.5 Å². The number of aryl methyl sites for hydroxylation is 1. The van der Waals surface area contributed by atoms with Crippen molar-refractivity contribution < 1.29 is 19.0 Å². The molecule has 0 saturated heterocycles. The number of carbonyl (C=O) groups excluding carboxylic acids is 1. The Hall–Kier alpha value is -3.02. The van der Waals surface area contributed by atoms with Crippen molar-refractivity contribution in [2.45, 2.75) is 25.8 Å². The largest absolute Gasteiger partial charge is 0.493 e. The highest BCUT2D eigenvalue weighted by Crippen LogP contribution is 2.50. The minimum Gasteiger partial charge on any atom is -0.493 e. The number of amides is 1. The zero-order valence-electron chi connectivity index (χ0n) is 15.9. The van der Waals surface area contributed by atoms with Crippen LogP contribution in [0.3, 0.4) is 0 Å². The second-order valence-corrected chi connectivity index (χ2v) is 6.41. The molecule has 1 amide bonds. The van der Waals surface area contributed by atoms with Gasteiger partial charge in [-0.25, -0.2) is 0 Å². The quantitative estimate of drug-likeness (QED) is 0.897. The van der Waals surface area contributed by atoms with Gasteiger partial charge in [0.15, 0.2) is 16.9 Å².